The van der Waals surface area contributed by atoms with Gasteiger partial charge in [-0.3, -0.25) is 9.59 Å². The Kier molecular flexibility index (Phi) is 5.37. The summed E-state index contributed by atoms with van der Waals surface area (Å²) in [6.07, 6.45) is 3.83. The smallest absolute Gasteiger partial charge is 0.254 e. The Bertz CT molecular complexity index is 969. The minimum absolute atomic E-state index is 0.0964. The van der Waals surface area contributed by atoms with E-state index in [0.29, 0.717) is 17.2 Å². The van der Waals surface area contributed by atoms with Gasteiger partial charge in [0.15, 0.2) is 11.5 Å². The van der Waals surface area contributed by atoms with Crippen LogP contribution in [0.2, 0.25) is 0 Å². The summed E-state index contributed by atoms with van der Waals surface area (Å²) in [5.41, 5.74) is 0.448. The number of ether oxygens (including phenoxy) is 2. The van der Waals surface area contributed by atoms with Crippen LogP contribution in [0, 0.1) is 11.7 Å². The second-order valence-corrected chi connectivity index (χ2v) is 8.15. The van der Waals surface area contributed by atoms with E-state index in [1.54, 1.807) is 24.3 Å². The monoisotopic (exact) mass is 412 g/mol. The van der Waals surface area contributed by atoms with Crippen molar-refractivity contribution in [1.82, 2.24) is 5.32 Å². The number of rotatable bonds is 5. The predicted molar refractivity (Wildman–Crippen MR) is 110 cm³/mol. The van der Waals surface area contributed by atoms with E-state index in [4.69, 9.17) is 9.47 Å². The molecule has 2 aliphatic rings. The first-order chi connectivity index (χ1) is 14.4. The number of hydrogen-bond acceptors (Lipinski definition) is 4. The standard InChI is InChI=1S/C23H25FN2O4/c1-14(2)20(26-21(27)16-7-3-4-8-17(16)24)22(28)25-15-9-10-18-19(13-15)30-23(29-18)11-5-6-12-23/h3-4,7-10,13-14,20H,5-6,11-12H2,1-2H3,(H,25,28)(H,26,27)/t20-/m0/s1. The molecule has 2 amide bonds. The van der Waals surface area contributed by atoms with Crippen molar-refractivity contribution in [3.05, 3.63) is 53.8 Å². The van der Waals surface area contributed by atoms with Gasteiger partial charge in [0.05, 0.1) is 5.56 Å². The van der Waals surface area contributed by atoms with Crippen molar-refractivity contribution >= 4 is 17.5 Å². The molecule has 7 heteroatoms. The zero-order valence-corrected chi connectivity index (χ0v) is 17.0. The van der Waals surface area contributed by atoms with Crippen LogP contribution < -0.4 is 20.1 Å². The quantitative estimate of drug-likeness (QED) is 0.769. The molecule has 4 rings (SSSR count). The fourth-order valence-electron chi connectivity index (χ4n) is 3.91. The topological polar surface area (TPSA) is 76.7 Å². The number of anilines is 1. The second-order valence-electron chi connectivity index (χ2n) is 8.15. The summed E-state index contributed by atoms with van der Waals surface area (Å²) in [5.74, 6) is -1.14. The molecule has 1 fully saturated rings. The Morgan fingerprint density at radius 2 is 1.73 bits per heavy atom. The van der Waals surface area contributed by atoms with Gasteiger partial charge in [0.25, 0.3) is 11.7 Å². The average molecular weight is 412 g/mol. The lowest BCUT2D eigenvalue weighted by Crippen LogP contribution is -2.47. The first-order valence-corrected chi connectivity index (χ1v) is 10.3. The third kappa shape index (κ3) is 3.97. The molecule has 6 nitrogen and oxygen atoms in total. The van der Waals surface area contributed by atoms with E-state index in [1.165, 1.54) is 18.2 Å². The summed E-state index contributed by atoms with van der Waals surface area (Å²) in [7, 11) is 0. The molecule has 1 aliphatic heterocycles. The van der Waals surface area contributed by atoms with Gasteiger partial charge in [-0.2, -0.15) is 0 Å². The average Bonchev–Trinajstić information content (AvgIpc) is 3.31. The van der Waals surface area contributed by atoms with Crippen LogP contribution in [-0.2, 0) is 4.79 Å². The van der Waals surface area contributed by atoms with Gasteiger partial charge in [0.1, 0.15) is 11.9 Å². The molecule has 2 aromatic rings. The van der Waals surface area contributed by atoms with E-state index < -0.39 is 23.6 Å². The summed E-state index contributed by atoms with van der Waals surface area (Å²) in [6.45, 7) is 3.63. The highest BCUT2D eigenvalue weighted by atomic mass is 19.1. The Hall–Kier alpha value is -3.09. The number of halogens is 1. The molecule has 158 valence electrons. The Morgan fingerprint density at radius 3 is 2.43 bits per heavy atom. The third-order valence-electron chi connectivity index (χ3n) is 5.52. The van der Waals surface area contributed by atoms with Crippen LogP contribution in [-0.4, -0.2) is 23.6 Å². The van der Waals surface area contributed by atoms with Crippen molar-refractivity contribution in [3.63, 3.8) is 0 Å². The van der Waals surface area contributed by atoms with Crippen molar-refractivity contribution in [2.24, 2.45) is 5.92 Å². The minimum Gasteiger partial charge on any atom is -0.448 e. The van der Waals surface area contributed by atoms with Crippen molar-refractivity contribution in [3.8, 4) is 11.5 Å². The van der Waals surface area contributed by atoms with Crippen LogP contribution in [0.25, 0.3) is 0 Å². The van der Waals surface area contributed by atoms with Gasteiger partial charge in [-0.1, -0.05) is 26.0 Å². The van der Waals surface area contributed by atoms with E-state index in [1.807, 2.05) is 13.8 Å². The lowest BCUT2D eigenvalue weighted by Gasteiger charge is -2.22. The summed E-state index contributed by atoms with van der Waals surface area (Å²) < 4.78 is 25.9. The highest BCUT2D eigenvalue weighted by molar-refractivity contribution is 6.01. The minimum atomic E-state index is -0.830. The predicted octanol–water partition coefficient (Wildman–Crippen LogP) is 4.26. The lowest BCUT2D eigenvalue weighted by molar-refractivity contribution is -0.118. The van der Waals surface area contributed by atoms with Crippen LogP contribution >= 0.6 is 0 Å². The maximum absolute atomic E-state index is 13.9. The molecule has 30 heavy (non-hydrogen) atoms. The molecule has 1 atom stereocenters. The Labute approximate surface area is 174 Å². The Morgan fingerprint density at radius 1 is 1.03 bits per heavy atom. The molecule has 2 N–H and O–H groups in total. The van der Waals surface area contributed by atoms with Gasteiger partial charge in [-0.25, -0.2) is 4.39 Å². The number of carbonyl (C=O) groups is 2. The van der Waals surface area contributed by atoms with Crippen LogP contribution in [0.1, 0.15) is 49.9 Å². The Balaban J connectivity index is 1.45. The van der Waals surface area contributed by atoms with Crippen molar-refractivity contribution in [1.29, 1.82) is 0 Å². The van der Waals surface area contributed by atoms with Crippen LogP contribution in [0.3, 0.4) is 0 Å². The second kappa shape index (κ2) is 7.97. The van der Waals surface area contributed by atoms with Crippen molar-refractivity contribution in [2.75, 3.05) is 5.32 Å². The maximum atomic E-state index is 13.9. The van der Waals surface area contributed by atoms with Gasteiger partial charge < -0.3 is 20.1 Å². The normalized spacial score (nSPS) is 17.2. The third-order valence-corrected chi connectivity index (χ3v) is 5.52. The zero-order chi connectivity index (χ0) is 21.3. The van der Waals surface area contributed by atoms with Gasteiger partial charge in [-0.15, -0.1) is 0 Å². The van der Waals surface area contributed by atoms with Crippen molar-refractivity contribution < 1.29 is 23.5 Å². The molecule has 2 aromatic carbocycles. The molecule has 1 heterocycles. The van der Waals surface area contributed by atoms with E-state index in [0.717, 1.165) is 25.7 Å². The summed E-state index contributed by atoms with van der Waals surface area (Å²) in [4.78, 5) is 25.3. The first-order valence-electron chi connectivity index (χ1n) is 10.3. The SMILES string of the molecule is CC(C)[C@H](NC(=O)c1ccccc1F)C(=O)Nc1ccc2c(c1)OC1(CCCC1)O2. The molecule has 0 radical (unpaired) electrons. The number of carbonyl (C=O) groups excluding carboxylic acids is 2. The van der Waals surface area contributed by atoms with Gasteiger partial charge in [0.2, 0.25) is 5.91 Å². The van der Waals surface area contributed by atoms with Gasteiger partial charge in [0, 0.05) is 24.6 Å². The number of benzene rings is 2. The zero-order valence-electron chi connectivity index (χ0n) is 17.0. The molecule has 1 spiro atoms. The highest BCUT2D eigenvalue weighted by Crippen LogP contribution is 2.47. The molecule has 1 aliphatic carbocycles. The number of fused-ring (bicyclic) bond motifs is 1. The molecule has 1 saturated carbocycles. The molecule has 0 unspecified atom stereocenters. The van der Waals surface area contributed by atoms with E-state index in [2.05, 4.69) is 10.6 Å². The van der Waals surface area contributed by atoms with Crippen LogP contribution in [0.15, 0.2) is 42.5 Å². The number of hydrogen-bond donors (Lipinski definition) is 2. The molecule has 0 bridgehead atoms. The molecule has 0 saturated heterocycles. The van der Waals surface area contributed by atoms with Gasteiger partial charge in [-0.05, 0) is 43.0 Å². The summed E-state index contributed by atoms with van der Waals surface area (Å²) in [5, 5.41) is 5.46. The first kappa shape index (κ1) is 20.2. The molecular weight excluding hydrogens is 387 g/mol. The van der Waals surface area contributed by atoms with E-state index >= 15 is 0 Å². The summed E-state index contributed by atoms with van der Waals surface area (Å²) >= 11 is 0. The van der Waals surface area contributed by atoms with E-state index in [9.17, 15) is 14.0 Å². The largest absolute Gasteiger partial charge is 0.448 e. The van der Waals surface area contributed by atoms with Crippen molar-refractivity contribution in [2.45, 2.75) is 51.4 Å². The maximum Gasteiger partial charge on any atom is 0.254 e. The van der Waals surface area contributed by atoms with Gasteiger partial charge >= 0.3 is 0 Å². The van der Waals surface area contributed by atoms with Crippen LogP contribution in [0.5, 0.6) is 11.5 Å². The fraction of sp³-hybridized carbons (Fsp3) is 0.391. The molecular formula is C23H25FN2O4. The fourth-order valence-corrected chi connectivity index (χ4v) is 3.91. The summed E-state index contributed by atoms with van der Waals surface area (Å²) in [6, 6.07) is 10.1. The van der Waals surface area contributed by atoms with Crippen LogP contribution in [0.4, 0.5) is 10.1 Å². The molecule has 0 aromatic heterocycles. The number of amides is 2. The van der Waals surface area contributed by atoms with E-state index in [-0.39, 0.29) is 17.4 Å². The lowest BCUT2D eigenvalue weighted by atomic mass is 10.0. The highest BCUT2D eigenvalue weighted by Gasteiger charge is 2.44. The number of nitrogens with one attached hydrogen (secondary N) is 2.